The van der Waals surface area contributed by atoms with Crippen molar-refractivity contribution < 1.29 is 4.79 Å². The summed E-state index contributed by atoms with van der Waals surface area (Å²) >= 11 is 0. The molecule has 3 heteroatoms. The second-order valence-corrected chi connectivity index (χ2v) is 5.25. The van der Waals surface area contributed by atoms with E-state index in [1.165, 1.54) is 5.56 Å². The Morgan fingerprint density at radius 3 is 2.33 bits per heavy atom. The fourth-order valence-electron chi connectivity index (χ4n) is 2.18. The first-order chi connectivity index (χ1) is 10.1. The number of hydrogen-bond donors (Lipinski definition) is 2. The van der Waals surface area contributed by atoms with Gasteiger partial charge in [0.05, 0.1) is 5.56 Å². The lowest BCUT2D eigenvalue weighted by atomic mass is 10.1. The first-order valence-corrected chi connectivity index (χ1v) is 7.28. The molecule has 0 unspecified atom stereocenters. The van der Waals surface area contributed by atoms with E-state index in [1.807, 2.05) is 44.2 Å². The monoisotopic (exact) mass is 282 g/mol. The predicted octanol–water partition coefficient (Wildman–Crippen LogP) is 3.67. The van der Waals surface area contributed by atoms with Gasteiger partial charge in [0.25, 0.3) is 5.91 Å². The zero-order valence-electron chi connectivity index (χ0n) is 12.9. The van der Waals surface area contributed by atoms with Crippen LogP contribution in [-0.4, -0.2) is 12.5 Å². The molecule has 0 fully saturated rings. The quantitative estimate of drug-likeness (QED) is 0.878. The van der Waals surface area contributed by atoms with Crippen molar-refractivity contribution in [3.05, 3.63) is 64.7 Å². The molecule has 0 radical (unpaired) electrons. The third-order valence-electron chi connectivity index (χ3n) is 3.36. The number of benzene rings is 2. The molecule has 21 heavy (non-hydrogen) atoms. The van der Waals surface area contributed by atoms with E-state index < -0.39 is 0 Å². The molecule has 2 N–H and O–H groups in total. The fraction of sp³-hybridized carbons (Fsp3) is 0.278. The van der Waals surface area contributed by atoms with Crippen LogP contribution in [0.1, 0.15) is 34.0 Å². The van der Waals surface area contributed by atoms with E-state index in [-0.39, 0.29) is 5.91 Å². The Morgan fingerprint density at radius 1 is 1.00 bits per heavy atom. The van der Waals surface area contributed by atoms with Crippen LogP contribution in [-0.2, 0) is 6.54 Å². The minimum atomic E-state index is -0.0495. The number of nitrogens with one attached hydrogen (secondary N) is 2. The molecule has 0 bridgehead atoms. The molecule has 110 valence electrons. The SMILES string of the molecule is CCNc1cc(C)ccc1C(=O)NCc1ccc(C)cc1. The van der Waals surface area contributed by atoms with Gasteiger partial charge < -0.3 is 10.6 Å². The molecule has 0 saturated carbocycles. The molecule has 0 atom stereocenters. The van der Waals surface area contributed by atoms with Crippen molar-refractivity contribution in [3.63, 3.8) is 0 Å². The largest absolute Gasteiger partial charge is 0.385 e. The summed E-state index contributed by atoms with van der Waals surface area (Å²) in [7, 11) is 0. The Balaban J connectivity index is 2.07. The van der Waals surface area contributed by atoms with Gasteiger partial charge in [-0.25, -0.2) is 0 Å². The summed E-state index contributed by atoms with van der Waals surface area (Å²) in [5.74, 6) is -0.0495. The van der Waals surface area contributed by atoms with Crippen molar-refractivity contribution in [1.29, 1.82) is 0 Å². The lowest BCUT2D eigenvalue weighted by molar-refractivity contribution is 0.0951. The van der Waals surface area contributed by atoms with E-state index in [0.717, 1.165) is 23.4 Å². The number of rotatable bonds is 5. The van der Waals surface area contributed by atoms with Crippen LogP contribution in [0, 0.1) is 13.8 Å². The van der Waals surface area contributed by atoms with Crippen LogP contribution in [0.2, 0.25) is 0 Å². The van der Waals surface area contributed by atoms with Crippen molar-refractivity contribution in [2.45, 2.75) is 27.3 Å². The third kappa shape index (κ3) is 4.09. The standard InChI is InChI=1S/C18H22N2O/c1-4-19-17-11-14(3)7-10-16(17)18(21)20-12-15-8-5-13(2)6-9-15/h5-11,19H,4,12H2,1-3H3,(H,20,21). The number of amides is 1. The summed E-state index contributed by atoms with van der Waals surface area (Å²) in [4.78, 5) is 12.3. The highest BCUT2D eigenvalue weighted by atomic mass is 16.1. The predicted molar refractivity (Wildman–Crippen MR) is 87.7 cm³/mol. The van der Waals surface area contributed by atoms with Gasteiger partial charge >= 0.3 is 0 Å². The maximum Gasteiger partial charge on any atom is 0.253 e. The highest BCUT2D eigenvalue weighted by molar-refractivity contribution is 5.99. The molecule has 0 heterocycles. The molecule has 0 aliphatic heterocycles. The molecular weight excluding hydrogens is 260 g/mol. The number of hydrogen-bond acceptors (Lipinski definition) is 2. The summed E-state index contributed by atoms with van der Waals surface area (Å²) in [5, 5.41) is 6.22. The molecule has 0 aliphatic rings. The highest BCUT2D eigenvalue weighted by Gasteiger charge is 2.10. The Hall–Kier alpha value is -2.29. The molecule has 2 aromatic carbocycles. The van der Waals surface area contributed by atoms with Gasteiger partial charge in [0.2, 0.25) is 0 Å². The van der Waals surface area contributed by atoms with Crippen molar-refractivity contribution in [2.75, 3.05) is 11.9 Å². The normalized spacial score (nSPS) is 10.2. The Kier molecular flexibility index (Phi) is 4.99. The number of carbonyl (C=O) groups excluding carboxylic acids is 1. The average molecular weight is 282 g/mol. The van der Waals surface area contributed by atoms with E-state index in [2.05, 4.69) is 29.7 Å². The lowest BCUT2D eigenvalue weighted by Gasteiger charge is -2.12. The zero-order valence-corrected chi connectivity index (χ0v) is 12.9. The smallest absolute Gasteiger partial charge is 0.253 e. The minimum absolute atomic E-state index is 0.0495. The van der Waals surface area contributed by atoms with Crippen molar-refractivity contribution >= 4 is 11.6 Å². The van der Waals surface area contributed by atoms with Gasteiger partial charge in [0, 0.05) is 18.8 Å². The van der Waals surface area contributed by atoms with Crippen LogP contribution >= 0.6 is 0 Å². The molecular formula is C18H22N2O. The van der Waals surface area contributed by atoms with Crippen molar-refractivity contribution in [1.82, 2.24) is 5.32 Å². The molecule has 1 amide bonds. The summed E-state index contributed by atoms with van der Waals surface area (Å²) in [6.45, 7) is 7.43. The van der Waals surface area contributed by atoms with Gasteiger partial charge in [-0.3, -0.25) is 4.79 Å². The molecule has 2 aromatic rings. The second-order valence-electron chi connectivity index (χ2n) is 5.25. The van der Waals surface area contributed by atoms with Gasteiger partial charge in [-0.1, -0.05) is 35.9 Å². The van der Waals surface area contributed by atoms with Gasteiger partial charge in [-0.2, -0.15) is 0 Å². The van der Waals surface area contributed by atoms with Crippen molar-refractivity contribution in [2.24, 2.45) is 0 Å². The van der Waals surface area contributed by atoms with E-state index in [0.29, 0.717) is 12.1 Å². The van der Waals surface area contributed by atoms with Gasteiger partial charge in [0.1, 0.15) is 0 Å². The van der Waals surface area contributed by atoms with Crippen LogP contribution in [0.25, 0.3) is 0 Å². The molecule has 2 rings (SSSR count). The fourth-order valence-corrected chi connectivity index (χ4v) is 2.18. The lowest BCUT2D eigenvalue weighted by Crippen LogP contribution is -2.24. The first kappa shape index (κ1) is 15.1. The van der Waals surface area contributed by atoms with Gasteiger partial charge in [-0.15, -0.1) is 0 Å². The summed E-state index contributed by atoms with van der Waals surface area (Å²) in [6, 6.07) is 14.0. The van der Waals surface area contributed by atoms with E-state index >= 15 is 0 Å². The van der Waals surface area contributed by atoms with Crippen LogP contribution < -0.4 is 10.6 Å². The Morgan fingerprint density at radius 2 is 1.67 bits per heavy atom. The second kappa shape index (κ2) is 6.93. The molecule has 0 saturated heterocycles. The molecule has 0 aromatic heterocycles. The summed E-state index contributed by atoms with van der Waals surface area (Å²) < 4.78 is 0. The Labute approximate surface area is 126 Å². The van der Waals surface area contributed by atoms with Crippen LogP contribution in [0.4, 0.5) is 5.69 Å². The van der Waals surface area contributed by atoms with E-state index in [9.17, 15) is 4.79 Å². The van der Waals surface area contributed by atoms with Gasteiger partial charge in [0.15, 0.2) is 0 Å². The number of aryl methyl sites for hydroxylation is 2. The van der Waals surface area contributed by atoms with Crippen molar-refractivity contribution in [3.8, 4) is 0 Å². The van der Waals surface area contributed by atoms with E-state index in [4.69, 9.17) is 0 Å². The topological polar surface area (TPSA) is 41.1 Å². The van der Waals surface area contributed by atoms with E-state index in [1.54, 1.807) is 0 Å². The third-order valence-corrected chi connectivity index (χ3v) is 3.36. The molecule has 0 aliphatic carbocycles. The maximum atomic E-state index is 12.3. The van der Waals surface area contributed by atoms with Gasteiger partial charge in [-0.05, 0) is 44.0 Å². The average Bonchev–Trinajstić information content (AvgIpc) is 2.47. The zero-order chi connectivity index (χ0) is 15.2. The molecule has 3 nitrogen and oxygen atoms in total. The Bertz CT molecular complexity index is 618. The number of anilines is 1. The maximum absolute atomic E-state index is 12.3. The summed E-state index contributed by atoms with van der Waals surface area (Å²) in [6.07, 6.45) is 0. The van der Waals surface area contributed by atoms with Crippen LogP contribution in [0.3, 0.4) is 0 Å². The molecule has 0 spiro atoms. The highest BCUT2D eigenvalue weighted by Crippen LogP contribution is 2.17. The number of carbonyl (C=O) groups is 1. The minimum Gasteiger partial charge on any atom is -0.385 e. The summed E-state index contributed by atoms with van der Waals surface area (Å²) in [5.41, 5.74) is 5.04. The first-order valence-electron chi connectivity index (χ1n) is 7.28. The van der Waals surface area contributed by atoms with Crippen LogP contribution in [0.5, 0.6) is 0 Å². The van der Waals surface area contributed by atoms with Crippen LogP contribution in [0.15, 0.2) is 42.5 Å².